The van der Waals surface area contributed by atoms with E-state index in [0.717, 1.165) is 22.6 Å². The van der Waals surface area contributed by atoms with Crippen molar-refractivity contribution in [3.05, 3.63) is 24.4 Å². The number of ether oxygens (including phenoxy) is 1. The molecule has 2 heterocycles. The summed E-state index contributed by atoms with van der Waals surface area (Å²) in [4.78, 5) is 11.1. The third-order valence-corrected chi connectivity index (χ3v) is 5.39. The topological polar surface area (TPSA) is 99.4 Å². The number of hydrogen-bond acceptors (Lipinski definition) is 7. The highest BCUT2D eigenvalue weighted by Crippen LogP contribution is 2.27. The van der Waals surface area contributed by atoms with Crippen LogP contribution in [0, 0.1) is 4.78 Å². The monoisotopic (exact) mass is 350 g/mol. The number of piperidine rings is 1. The van der Waals surface area contributed by atoms with E-state index in [0.29, 0.717) is 25.9 Å². The Hall–Kier alpha value is -1.93. The number of aromatic nitrogens is 2. The fourth-order valence-electron chi connectivity index (χ4n) is 3.07. The molecule has 0 amide bonds. The molecule has 1 atom stereocenters. The van der Waals surface area contributed by atoms with Gasteiger partial charge in [0.25, 0.3) is 0 Å². The number of rotatable bonds is 4. The van der Waals surface area contributed by atoms with E-state index in [2.05, 4.69) is 14.9 Å². The van der Waals surface area contributed by atoms with Gasteiger partial charge in [-0.2, -0.15) is 0 Å². The first-order valence-electron chi connectivity index (χ1n) is 7.78. The molecule has 1 fully saturated rings. The van der Waals surface area contributed by atoms with Crippen molar-refractivity contribution in [2.45, 2.75) is 18.4 Å². The SMILES string of the molecule is COc1ccc2nc(N3CCC(O)(CS(C)(=N)=O)CC3)cnc2c1. The van der Waals surface area contributed by atoms with Gasteiger partial charge in [-0.15, -0.1) is 0 Å². The zero-order valence-electron chi connectivity index (χ0n) is 13.9. The molecule has 3 rings (SSSR count). The number of hydrogen-bond donors (Lipinski definition) is 2. The van der Waals surface area contributed by atoms with Gasteiger partial charge in [0.05, 0.1) is 35.7 Å². The van der Waals surface area contributed by atoms with E-state index in [1.54, 1.807) is 13.3 Å². The van der Waals surface area contributed by atoms with Gasteiger partial charge in [0.2, 0.25) is 0 Å². The minimum atomic E-state index is -2.71. The fraction of sp³-hybridized carbons (Fsp3) is 0.500. The van der Waals surface area contributed by atoms with Crippen LogP contribution in [0.15, 0.2) is 24.4 Å². The predicted molar refractivity (Wildman–Crippen MR) is 94.1 cm³/mol. The van der Waals surface area contributed by atoms with E-state index in [9.17, 15) is 9.32 Å². The van der Waals surface area contributed by atoms with E-state index in [1.807, 2.05) is 18.2 Å². The summed E-state index contributed by atoms with van der Waals surface area (Å²) in [5.74, 6) is 1.53. The molecule has 1 aromatic carbocycles. The zero-order chi connectivity index (χ0) is 17.4. The normalized spacial score (nSPS) is 19.9. The van der Waals surface area contributed by atoms with Crippen molar-refractivity contribution in [3.8, 4) is 5.75 Å². The molecule has 0 aliphatic carbocycles. The lowest BCUT2D eigenvalue weighted by atomic mass is 9.93. The third-order valence-electron chi connectivity index (χ3n) is 4.30. The Morgan fingerprint density at radius 2 is 2.08 bits per heavy atom. The van der Waals surface area contributed by atoms with Gasteiger partial charge in [-0.05, 0) is 25.0 Å². The van der Waals surface area contributed by atoms with Gasteiger partial charge in [0, 0.05) is 35.1 Å². The van der Waals surface area contributed by atoms with Crippen molar-refractivity contribution in [2.24, 2.45) is 0 Å². The zero-order valence-corrected chi connectivity index (χ0v) is 14.7. The molecule has 0 saturated carbocycles. The summed E-state index contributed by atoms with van der Waals surface area (Å²) in [7, 11) is -1.09. The van der Waals surface area contributed by atoms with Crippen LogP contribution in [-0.2, 0) is 9.73 Å². The third kappa shape index (κ3) is 3.76. The van der Waals surface area contributed by atoms with Gasteiger partial charge >= 0.3 is 0 Å². The summed E-state index contributed by atoms with van der Waals surface area (Å²) < 4.78 is 24.4. The first kappa shape index (κ1) is 16.9. The standard InChI is InChI=1S/C16H22N4O3S/c1-23-12-3-4-13-14(9-12)18-10-15(19-13)20-7-5-16(21,6-8-20)11-24(2,17)22/h3-4,9-10,17,21H,5-8,11H2,1-2H3. The number of benzene rings is 1. The molecule has 8 heteroatoms. The maximum atomic E-state index is 11.7. The summed E-state index contributed by atoms with van der Waals surface area (Å²) in [5, 5.41) is 10.5. The first-order valence-corrected chi connectivity index (χ1v) is 9.91. The Bertz CT molecular complexity index is 846. The van der Waals surface area contributed by atoms with Crippen molar-refractivity contribution in [1.29, 1.82) is 4.78 Å². The van der Waals surface area contributed by atoms with Crippen LogP contribution in [0.1, 0.15) is 12.8 Å². The van der Waals surface area contributed by atoms with E-state index in [4.69, 9.17) is 9.52 Å². The minimum Gasteiger partial charge on any atom is -0.497 e. The average Bonchev–Trinajstić information content (AvgIpc) is 2.52. The Kier molecular flexibility index (Phi) is 4.35. The second-order valence-electron chi connectivity index (χ2n) is 6.44. The number of anilines is 1. The number of nitrogens with one attached hydrogen (secondary N) is 1. The van der Waals surface area contributed by atoms with E-state index < -0.39 is 15.3 Å². The Morgan fingerprint density at radius 1 is 1.38 bits per heavy atom. The van der Waals surface area contributed by atoms with Gasteiger partial charge in [-0.25, -0.2) is 4.98 Å². The molecular weight excluding hydrogens is 328 g/mol. The smallest absolute Gasteiger partial charge is 0.147 e. The number of methoxy groups -OCH3 is 1. The maximum Gasteiger partial charge on any atom is 0.147 e. The van der Waals surface area contributed by atoms with Gasteiger partial charge < -0.3 is 14.7 Å². The van der Waals surface area contributed by atoms with Crippen molar-refractivity contribution in [2.75, 3.05) is 37.1 Å². The van der Waals surface area contributed by atoms with Crippen LogP contribution in [0.2, 0.25) is 0 Å². The maximum absolute atomic E-state index is 11.7. The van der Waals surface area contributed by atoms with Crippen molar-refractivity contribution < 1.29 is 14.1 Å². The lowest BCUT2D eigenvalue weighted by Gasteiger charge is -2.38. The van der Waals surface area contributed by atoms with Crippen molar-refractivity contribution >= 4 is 26.6 Å². The number of fused-ring (bicyclic) bond motifs is 1. The molecule has 1 aliphatic rings. The predicted octanol–water partition coefficient (Wildman–Crippen LogP) is 1.65. The van der Waals surface area contributed by atoms with Crippen LogP contribution in [-0.4, -0.2) is 57.1 Å². The second kappa shape index (κ2) is 6.18. The molecular formula is C16H22N4O3S. The summed E-state index contributed by atoms with van der Waals surface area (Å²) in [6.45, 7) is 1.20. The van der Waals surface area contributed by atoms with Gasteiger partial charge in [0.1, 0.15) is 11.6 Å². The first-order chi connectivity index (χ1) is 11.3. The number of nitrogens with zero attached hydrogens (tertiary/aromatic N) is 3. The van der Waals surface area contributed by atoms with Crippen molar-refractivity contribution in [1.82, 2.24) is 9.97 Å². The average molecular weight is 350 g/mol. The Labute approximate surface area is 141 Å². The highest BCUT2D eigenvalue weighted by Gasteiger charge is 2.34. The summed E-state index contributed by atoms with van der Waals surface area (Å²) in [5.41, 5.74) is 0.533. The van der Waals surface area contributed by atoms with Crippen LogP contribution in [0.3, 0.4) is 0 Å². The molecule has 7 nitrogen and oxygen atoms in total. The van der Waals surface area contributed by atoms with Crippen molar-refractivity contribution in [3.63, 3.8) is 0 Å². The van der Waals surface area contributed by atoms with Crippen LogP contribution in [0.25, 0.3) is 11.0 Å². The van der Waals surface area contributed by atoms with Crippen LogP contribution in [0.4, 0.5) is 5.82 Å². The lowest BCUT2D eigenvalue weighted by molar-refractivity contribution is 0.0388. The second-order valence-corrected chi connectivity index (χ2v) is 8.74. The summed E-state index contributed by atoms with van der Waals surface area (Å²) >= 11 is 0. The molecule has 1 aromatic heterocycles. The summed E-state index contributed by atoms with van der Waals surface area (Å²) in [6.07, 6.45) is 4.04. The highest BCUT2D eigenvalue weighted by molar-refractivity contribution is 7.91. The molecule has 130 valence electrons. The van der Waals surface area contributed by atoms with Gasteiger partial charge in [0.15, 0.2) is 0 Å². The molecule has 0 radical (unpaired) electrons. The molecule has 1 unspecified atom stereocenters. The minimum absolute atomic E-state index is 0.0248. The molecule has 0 spiro atoms. The molecule has 2 aromatic rings. The van der Waals surface area contributed by atoms with Crippen LogP contribution >= 0.6 is 0 Å². The molecule has 1 saturated heterocycles. The van der Waals surface area contributed by atoms with Gasteiger partial charge in [-0.1, -0.05) is 0 Å². The Morgan fingerprint density at radius 3 is 2.71 bits per heavy atom. The number of aliphatic hydroxyl groups is 1. The molecule has 0 bridgehead atoms. The molecule has 2 N–H and O–H groups in total. The highest BCUT2D eigenvalue weighted by atomic mass is 32.2. The van der Waals surface area contributed by atoms with E-state index >= 15 is 0 Å². The van der Waals surface area contributed by atoms with E-state index in [1.165, 1.54) is 6.26 Å². The lowest BCUT2D eigenvalue weighted by Crippen LogP contribution is -2.48. The largest absolute Gasteiger partial charge is 0.497 e. The fourth-order valence-corrected chi connectivity index (χ4v) is 4.38. The summed E-state index contributed by atoms with van der Waals surface area (Å²) in [6, 6.07) is 5.56. The molecule has 1 aliphatic heterocycles. The molecule has 24 heavy (non-hydrogen) atoms. The van der Waals surface area contributed by atoms with E-state index in [-0.39, 0.29) is 5.75 Å². The quantitative estimate of drug-likeness (QED) is 0.870. The van der Waals surface area contributed by atoms with Crippen LogP contribution < -0.4 is 9.64 Å². The van der Waals surface area contributed by atoms with Crippen LogP contribution in [0.5, 0.6) is 5.75 Å². The Balaban J connectivity index is 1.75. The van der Waals surface area contributed by atoms with Gasteiger partial charge in [-0.3, -0.25) is 14.0 Å².